The van der Waals surface area contributed by atoms with Crippen molar-refractivity contribution < 1.29 is 9.90 Å². The van der Waals surface area contributed by atoms with Crippen LogP contribution in [0.4, 0.5) is 0 Å². The number of nitrogens with zero attached hydrogens (tertiary/aromatic N) is 4. The van der Waals surface area contributed by atoms with Crippen LogP contribution in [0.15, 0.2) is 41.1 Å². The Morgan fingerprint density at radius 1 is 1.32 bits per heavy atom. The molecule has 0 fully saturated rings. The van der Waals surface area contributed by atoms with Crippen LogP contribution in [0.5, 0.6) is 5.88 Å². The molecule has 2 N–H and O–H groups in total. The summed E-state index contributed by atoms with van der Waals surface area (Å²) in [5, 5.41) is 16.6. The average molecular weight is 362 g/mol. The fraction of sp³-hybridized carbons (Fsp3) is 0.143. The lowest BCUT2D eigenvalue weighted by Crippen LogP contribution is -2.25. The molecule has 8 heteroatoms. The summed E-state index contributed by atoms with van der Waals surface area (Å²) in [6.07, 6.45) is 1.32. The number of amides is 1. The highest BCUT2D eigenvalue weighted by Crippen LogP contribution is 2.26. The van der Waals surface area contributed by atoms with E-state index in [1.807, 2.05) is 30.3 Å². The number of hydrogen-bond donors (Lipinski definition) is 2. The molecule has 0 aliphatic rings. The van der Waals surface area contributed by atoms with E-state index in [9.17, 15) is 9.90 Å². The third-order valence-corrected chi connectivity index (χ3v) is 3.89. The van der Waals surface area contributed by atoms with E-state index < -0.39 is 0 Å². The first-order valence-electron chi connectivity index (χ1n) is 6.53. The van der Waals surface area contributed by atoms with Crippen LogP contribution in [-0.2, 0) is 17.8 Å². The van der Waals surface area contributed by atoms with Gasteiger partial charge in [0.05, 0.1) is 12.1 Å². The minimum Gasteiger partial charge on any atom is -0.492 e. The summed E-state index contributed by atoms with van der Waals surface area (Å²) in [5.41, 5.74) is 1.42. The molecule has 0 saturated carbocycles. The first kappa shape index (κ1) is 14.5. The van der Waals surface area contributed by atoms with Gasteiger partial charge in [0.15, 0.2) is 0 Å². The van der Waals surface area contributed by atoms with E-state index in [0.717, 1.165) is 5.56 Å². The van der Waals surface area contributed by atoms with E-state index in [1.54, 1.807) is 0 Å². The first-order valence-corrected chi connectivity index (χ1v) is 7.32. The molecule has 0 radical (unpaired) electrons. The van der Waals surface area contributed by atoms with Crippen molar-refractivity contribution in [3.63, 3.8) is 0 Å². The van der Waals surface area contributed by atoms with Crippen molar-refractivity contribution in [3.8, 4) is 5.88 Å². The van der Waals surface area contributed by atoms with Crippen molar-refractivity contribution in [1.29, 1.82) is 0 Å². The predicted molar refractivity (Wildman–Crippen MR) is 82.1 cm³/mol. The number of rotatable bonds is 4. The Labute approximate surface area is 134 Å². The van der Waals surface area contributed by atoms with Crippen LogP contribution < -0.4 is 5.32 Å². The minimum absolute atomic E-state index is 0.0321. The van der Waals surface area contributed by atoms with Crippen molar-refractivity contribution >= 4 is 27.6 Å². The topological polar surface area (TPSA) is 92.4 Å². The van der Waals surface area contributed by atoms with E-state index in [0.29, 0.717) is 16.7 Å². The van der Waals surface area contributed by atoms with Gasteiger partial charge in [-0.1, -0.05) is 30.3 Å². The normalized spacial score (nSPS) is 10.8. The molecule has 0 saturated heterocycles. The molecule has 22 heavy (non-hydrogen) atoms. The first-order chi connectivity index (χ1) is 10.6. The van der Waals surface area contributed by atoms with E-state index in [-0.39, 0.29) is 24.0 Å². The van der Waals surface area contributed by atoms with Crippen LogP contribution in [-0.4, -0.2) is 30.6 Å². The quantitative estimate of drug-likeness (QED) is 0.733. The van der Waals surface area contributed by atoms with Crippen LogP contribution in [0.3, 0.4) is 0 Å². The lowest BCUT2D eigenvalue weighted by atomic mass is 10.2. The maximum Gasteiger partial charge on any atom is 0.255 e. The molecule has 0 unspecified atom stereocenters. The third kappa shape index (κ3) is 2.91. The molecular weight excluding hydrogens is 350 g/mol. The molecule has 0 aliphatic carbocycles. The van der Waals surface area contributed by atoms with E-state index in [4.69, 9.17) is 0 Å². The average Bonchev–Trinajstić information content (AvgIpc) is 3.00. The van der Waals surface area contributed by atoms with Crippen LogP contribution >= 0.6 is 15.9 Å². The number of benzene rings is 1. The Balaban J connectivity index is 1.72. The zero-order valence-corrected chi connectivity index (χ0v) is 13.0. The number of carbonyl (C=O) groups excluding carboxylic acids is 1. The number of carbonyl (C=O) groups is 1. The standard InChI is InChI=1S/C14H12BrN5O2/c15-12-10(19-14-17-8-18-20(14)13(12)22)6-11(21)16-7-9-4-2-1-3-5-9/h1-5,8,22H,6-7H2,(H,16,21). The van der Waals surface area contributed by atoms with E-state index in [1.165, 1.54) is 10.8 Å². The van der Waals surface area contributed by atoms with Gasteiger partial charge in [-0.3, -0.25) is 4.79 Å². The maximum atomic E-state index is 12.0. The summed E-state index contributed by atoms with van der Waals surface area (Å²) in [5.74, 6) is -0.0831. The minimum atomic E-state index is -0.194. The van der Waals surface area contributed by atoms with Crippen LogP contribution in [0.2, 0.25) is 0 Å². The molecule has 3 aromatic rings. The second-order valence-corrected chi connectivity index (χ2v) is 5.40. The van der Waals surface area contributed by atoms with Gasteiger partial charge < -0.3 is 10.4 Å². The fourth-order valence-corrected chi connectivity index (χ4v) is 2.38. The largest absolute Gasteiger partial charge is 0.492 e. The van der Waals surface area contributed by atoms with Gasteiger partial charge in [-0.2, -0.15) is 14.6 Å². The Kier molecular flexibility index (Phi) is 4.01. The van der Waals surface area contributed by atoms with Crippen molar-refractivity contribution in [2.24, 2.45) is 0 Å². The fourth-order valence-electron chi connectivity index (χ4n) is 1.98. The molecule has 0 spiro atoms. The second-order valence-electron chi connectivity index (χ2n) is 4.61. The molecule has 2 heterocycles. The van der Waals surface area contributed by atoms with Gasteiger partial charge in [0.25, 0.3) is 5.78 Å². The molecule has 0 bridgehead atoms. The number of aromatic hydroxyl groups is 1. The molecule has 1 amide bonds. The number of halogens is 1. The van der Waals surface area contributed by atoms with Gasteiger partial charge in [0.1, 0.15) is 10.8 Å². The Hall–Kier alpha value is -2.48. The van der Waals surface area contributed by atoms with Gasteiger partial charge >= 0.3 is 0 Å². The Bertz CT molecular complexity index is 819. The Morgan fingerprint density at radius 3 is 2.86 bits per heavy atom. The lowest BCUT2D eigenvalue weighted by Gasteiger charge is -2.08. The highest BCUT2D eigenvalue weighted by Gasteiger charge is 2.16. The third-order valence-electron chi connectivity index (χ3n) is 3.08. The maximum absolute atomic E-state index is 12.0. The second kappa shape index (κ2) is 6.10. The highest BCUT2D eigenvalue weighted by molar-refractivity contribution is 9.10. The van der Waals surface area contributed by atoms with Crippen molar-refractivity contribution in [2.75, 3.05) is 0 Å². The summed E-state index contributed by atoms with van der Waals surface area (Å²) >= 11 is 3.23. The molecule has 2 aromatic heterocycles. The number of hydrogen-bond acceptors (Lipinski definition) is 5. The van der Waals surface area contributed by atoms with Crippen molar-refractivity contribution in [1.82, 2.24) is 24.9 Å². The smallest absolute Gasteiger partial charge is 0.255 e. The number of fused-ring (bicyclic) bond motifs is 1. The molecule has 1 aromatic carbocycles. The lowest BCUT2D eigenvalue weighted by molar-refractivity contribution is -0.120. The van der Waals surface area contributed by atoms with Crippen molar-refractivity contribution in [2.45, 2.75) is 13.0 Å². The van der Waals surface area contributed by atoms with E-state index >= 15 is 0 Å². The molecule has 0 atom stereocenters. The molecule has 112 valence electrons. The Morgan fingerprint density at radius 2 is 2.09 bits per heavy atom. The van der Waals surface area contributed by atoms with Gasteiger partial charge in [-0.25, -0.2) is 4.98 Å². The van der Waals surface area contributed by atoms with E-state index in [2.05, 4.69) is 36.3 Å². The van der Waals surface area contributed by atoms with Gasteiger partial charge in [0.2, 0.25) is 11.8 Å². The summed E-state index contributed by atoms with van der Waals surface area (Å²) in [4.78, 5) is 20.1. The number of nitrogens with one attached hydrogen (secondary N) is 1. The summed E-state index contributed by atoms with van der Waals surface area (Å²) in [7, 11) is 0. The van der Waals surface area contributed by atoms with Crippen LogP contribution in [0.25, 0.3) is 5.78 Å². The van der Waals surface area contributed by atoms with Gasteiger partial charge in [0, 0.05) is 6.54 Å². The van der Waals surface area contributed by atoms with Gasteiger partial charge in [-0.15, -0.1) is 0 Å². The van der Waals surface area contributed by atoms with Crippen LogP contribution in [0.1, 0.15) is 11.3 Å². The molecule has 7 nitrogen and oxygen atoms in total. The summed E-state index contributed by atoms with van der Waals surface area (Å²) in [6, 6.07) is 9.61. The molecule has 0 aliphatic heterocycles. The summed E-state index contributed by atoms with van der Waals surface area (Å²) < 4.78 is 1.52. The number of aromatic nitrogens is 4. The highest BCUT2D eigenvalue weighted by atomic mass is 79.9. The monoisotopic (exact) mass is 361 g/mol. The molecular formula is C14H12BrN5O2. The molecule has 3 rings (SSSR count). The summed E-state index contributed by atoms with van der Waals surface area (Å²) in [6.45, 7) is 0.441. The van der Waals surface area contributed by atoms with Crippen LogP contribution in [0, 0.1) is 0 Å². The zero-order valence-electron chi connectivity index (χ0n) is 11.4. The zero-order chi connectivity index (χ0) is 15.5. The predicted octanol–water partition coefficient (Wildman–Crippen LogP) is 1.45. The SMILES string of the molecule is O=C(Cc1nc2ncnn2c(O)c1Br)NCc1ccccc1. The van der Waals surface area contributed by atoms with Gasteiger partial charge in [-0.05, 0) is 21.5 Å². The van der Waals surface area contributed by atoms with Crippen molar-refractivity contribution in [3.05, 3.63) is 52.4 Å².